The lowest BCUT2D eigenvalue weighted by molar-refractivity contribution is 0.100. The molecular formula is C19H20N2OS. The van der Waals surface area contributed by atoms with Gasteiger partial charge in [0.2, 0.25) is 0 Å². The molecule has 1 heterocycles. The second-order valence-electron chi connectivity index (χ2n) is 5.58. The van der Waals surface area contributed by atoms with E-state index in [1.54, 1.807) is 11.8 Å². The second kappa shape index (κ2) is 7.47. The minimum absolute atomic E-state index is 0.111. The molecule has 0 bridgehead atoms. The molecule has 0 amide bonds. The molecule has 0 saturated carbocycles. The SMILES string of the molecule is Cc1ccc(N(CC(=O)c2ccccc2)C2=NCCCS2)cc1. The number of anilines is 1. The van der Waals surface area contributed by atoms with Gasteiger partial charge < -0.3 is 4.90 Å². The number of carbonyl (C=O) groups excluding carboxylic acids is 1. The molecule has 0 N–H and O–H groups in total. The third-order valence-electron chi connectivity index (χ3n) is 3.75. The van der Waals surface area contributed by atoms with Crippen LogP contribution in [0.5, 0.6) is 0 Å². The lowest BCUT2D eigenvalue weighted by Crippen LogP contribution is -2.35. The number of thioether (sulfide) groups is 1. The van der Waals surface area contributed by atoms with Gasteiger partial charge >= 0.3 is 0 Å². The van der Waals surface area contributed by atoms with Crippen molar-refractivity contribution < 1.29 is 4.79 Å². The standard InChI is InChI=1S/C19H20N2OS/c1-15-8-10-17(11-9-15)21(19-20-12-5-13-23-19)14-18(22)16-6-3-2-4-7-16/h2-4,6-11H,5,12-14H2,1H3. The maximum Gasteiger partial charge on any atom is 0.182 e. The molecule has 3 nitrogen and oxygen atoms in total. The summed E-state index contributed by atoms with van der Waals surface area (Å²) >= 11 is 1.73. The van der Waals surface area contributed by atoms with Gasteiger partial charge in [-0.1, -0.05) is 59.8 Å². The first-order valence-electron chi connectivity index (χ1n) is 7.84. The molecule has 1 aliphatic heterocycles. The Hall–Kier alpha value is -2.07. The molecule has 3 rings (SSSR count). The Balaban J connectivity index is 1.87. The summed E-state index contributed by atoms with van der Waals surface area (Å²) in [7, 11) is 0. The molecular weight excluding hydrogens is 304 g/mol. The smallest absolute Gasteiger partial charge is 0.182 e. The minimum Gasteiger partial charge on any atom is -0.313 e. The van der Waals surface area contributed by atoms with E-state index in [4.69, 9.17) is 0 Å². The predicted molar refractivity (Wildman–Crippen MR) is 98.7 cm³/mol. The lowest BCUT2D eigenvalue weighted by Gasteiger charge is -2.27. The fourth-order valence-electron chi connectivity index (χ4n) is 2.46. The Kier molecular flexibility index (Phi) is 5.13. The molecule has 23 heavy (non-hydrogen) atoms. The molecule has 0 radical (unpaired) electrons. The Bertz CT molecular complexity index is 695. The van der Waals surface area contributed by atoms with E-state index in [0.717, 1.165) is 35.1 Å². The van der Waals surface area contributed by atoms with Gasteiger partial charge in [-0.15, -0.1) is 0 Å². The normalized spacial score (nSPS) is 14.2. The van der Waals surface area contributed by atoms with E-state index >= 15 is 0 Å². The third kappa shape index (κ3) is 4.02. The van der Waals surface area contributed by atoms with Crippen LogP contribution < -0.4 is 4.90 Å². The highest BCUT2D eigenvalue weighted by Gasteiger charge is 2.20. The predicted octanol–water partition coefficient (Wildman–Crippen LogP) is 4.18. The first kappa shape index (κ1) is 15.8. The molecule has 0 unspecified atom stereocenters. The summed E-state index contributed by atoms with van der Waals surface area (Å²) in [6.45, 7) is 3.22. The fraction of sp³-hybridized carbons (Fsp3) is 0.263. The molecule has 2 aromatic carbocycles. The highest BCUT2D eigenvalue weighted by molar-refractivity contribution is 8.14. The van der Waals surface area contributed by atoms with E-state index in [1.165, 1.54) is 5.56 Å². The maximum absolute atomic E-state index is 12.6. The highest BCUT2D eigenvalue weighted by Crippen LogP contribution is 2.23. The van der Waals surface area contributed by atoms with Gasteiger partial charge in [0.15, 0.2) is 11.0 Å². The van der Waals surface area contributed by atoms with Crippen LogP contribution in [0.15, 0.2) is 59.6 Å². The van der Waals surface area contributed by atoms with Gasteiger partial charge in [0, 0.05) is 23.5 Å². The minimum atomic E-state index is 0.111. The van der Waals surface area contributed by atoms with Crippen LogP contribution in [0.3, 0.4) is 0 Å². The van der Waals surface area contributed by atoms with E-state index in [2.05, 4.69) is 36.2 Å². The van der Waals surface area contributed by atoms with Gasteiger partial charge in [-0.3, -0.25) is 9.79 Å². The van der Waals surface area contributed by atoms with Crippen LogP contribution in [-0.4, -0.2) is 29.8 Å². The zero-order chi connectivity index (χ0) is 16.1. The molecule has 0 saturated heterocycles. The van der Waals surface area contributed by atoms with Crippen molar-refractivity contribution >= 4 is 28.4 Å². The number of carbonyl (C=O) groups is 1. The van der Waals surface area contributed by atoms with Gasteiger partial charge in [-0.05, 0) is 25.5 Å². The van der Waals surface area contributed by atoms with Crippen molar-refractivity contribution in [2.45, 2.75) is 13.3 Å². The van der Waals surface area contributed by atoms with Crippen LogP contribution in [0.4, 0.5) is 5.69 Å². The van der Waals surface area contributed by atoms with Crippen LogP contribution in [0.25, 0.3) is 0 Å². The van der Waals surface area contributed by atoms with E-state index in [0.29, 0.717) is 6.54 Å². The number of hydrogen-bond acceptors (Lipinski definition) is 4. The average Bonchev–Trinajstić information content (AvgIpc) is 2.62. The number of amidine groups is 1. The number of nitrogens with zero attached hydrogens (tertiary/aromatic N) is 2. The average molecular weight is 324 g/mol. The number of benzene rings is 2. The molecule has 0 aromatic heterocycles. The number of ketones is 1. The zero-order valence-electron chi connectivity index (χ0n) is 13.2. The maximum atomic E-state index is 12.6. The lowest BCUT2D eigenvalue weighted by atomic mass is 10.1. The fourth-order valence-corrected chi connectivity index (χ4v) is 3.43. The number of aliphatic imine (C=N–C) groups is 1. The van der Waals surface area contributed by atoms with Crippen molar-refractivity contribution in [1.82, 2.24) is 0 Å². The van der Waals surface area contributed by atoms with E-state index in [-0.39, 0.29) is 5.78 Å². The zero-order valence-corrected chi connectivity index (χ0v) is 14.1. The van der Waals surface area contributed by atoms with Crippen molar-refractivity contribution in [3.05, 3.63) is 65.7 Å². The molecule has 4 heteroatoms. The van der Waals surface area contributed by atoms with Crippen molar-refractivity contribution in [2.24, 2.45) is 4.99 Å². The second-order valence-corrected chi connectivity index (χ2v) is 6.64. The Morgan fingerprint density at radius 3 is 2.52 bits per heavy atom. The highest BCUT2D eigenvalue weighted by atomic mass is 32.2. The van der Waals surface area contributed by atoms with Crippen LogP contribution in [0, 0.1) is 6.92 Å². The topological polar surface area (TPSA) is 32.7 Å². The van der Waals surface area contributed by atoms with Gasteiger partial charge in [0.05, 0.1) is 6.54 Å². The summed E-state index contributed by atoms with van der Waals surface area (Å²) < 4.78 is 0. The number of rotatable bonds is 4. The van der Waals surface area contributed by atoms with Crippen molar-refractivity contribution in [2.75, 3.05) is 23.7 Å². The number of aryl methyl sites for hydroxylation is 1. The van der Waals surface area contributed by atoms with Crippen LogP contribution in [0.2, 0.25) is 0 Å². The molecule has 0 aliphatic carbocycles. The summed E-state index contributed by atoms with van der Waals surface area (Å²) in [5, 5.41) is 0.949. The Labute approximate surface area is 141 Å². The van der Waals surface area contributed by atoms with Gasteiger partial charge in [-0.2, -0.15) is 0 Å². The number of hydrogen-bond donors (Lipinski definition) is 0. The molecule has 2 aromatic rings. The van der Waals surface area contributed by atoms with E-state index < -0.39 is 0 Å². The van der Waals surface area contributed by atoms with Crippen molar-refractivity contribution in [3.63, 3.8) is 0 Å². The largest absolute Gasteiger partial charge is 0.313 e. The van der Waals surface area contributed by atoms with Crippen LogP contribution in [-0.2, 0) is 0 Å². The molecule has 1 aliphatic rings. The summed E-state index contributed by atoms with van der Waals surface area (Å²) in [6, 6.07) is 17.7. The van der Waals surface area contributed by atoms with Crippen molar-refractivity contribution in [1.29, 1.82) is 0 Å². The van der Waals surface area contributed by atoms with E-state index in [1.807, 2.05) is 35.2 Å². The number of Topliss-reactive ketones (excluding diaryl/α,β-unsaturated/α-hetero) is 1. The summed E-state index contributed by atoms with van der Waals surface area (Å²) in [6.07, 6.45) is 1.10. The molecule has 0 spiro atoms. The third-order valence-corrected chi connectivity index (χ3v) is 4.86. The molecule has 118 valence electrons. The van der Waals surface area contributed by atoms with Crippen LogP contribution >= 0.6 is 11.8 Å². The Morgan fingerprint density at radius 2 is 1.87 bits per heavy atom. The molecule has 0 fully saturated rings. The first-order valence-corrected chi connectivity index (χ1v) is 8.82. The summed E-state index contributed by atoms with van der Waals surface area (Å²) in [4.78, 5) is 19.3. The monoisotopic (exact) mass is 324 g/mol. The Morgan fingerprint density at radius 1 is 1.13 bits per heavy atom. The van der Waals surface area contributed by atoms with Crippen molar-refractivity contribution in [3.8, 4) is 0 Å². The first-order chi connectivity index (χ1) is 11.2. The summed E-state index contributed by atoms with van der Waals surface area (Å²) in [5.41, 5.74) is 2.97. The van der Waals surface area contributed by atoms with Crippen LogP contribution in [0.1, 0.15) is 22.3 Å². The summed E-state index contributed by atoms with van der Waals surface area (Å²) in [5.74, 6) is 1.17. The van der Waals surface area contributed by atoms with Gasteiger partial charge in [0.1, 0.15) is 0 Å². The van der Waals surface area contributed by atoms with Gasteiger partial charge in [0.25, 0.3) is 0 Å². The van der Waals surface area contributed by atoms with E-state index in [9.17, 15) is 4.79 Å². The molecule has 0 atom stereocenters. The van der Waals surface area contributed by atoms with Gasteiger partial charge in [-0.25, -0.2) is 0 Å². The quantitative estimate of drug-likeness (QED) is 0.791.